The quantitative estimate of drug-likeness (QED) is 0.366. The third-order valence-electron chi connectivity index (χ3n) is 3.98. The lowest BCUT2D eigenvalue weighted by atomic mass is 10.2. The van der Waals surface area contributed by atoms with Gasteiger partial charge in [0.1, 0.15) is 17.1 Å². The van der Waals surface area contributed by atoms with Crippen molar-refractivity contribution in [3.05, 3.63) is 85.2 Å². The van der Waals surface area contributed by atoms with E-state index < -0.39 is 0 Å². The number of anilines is 1. The van der Waals surface area contributed by atoms with Gasteiger partial charge in [-0.2, -0.15) is 0 Å². The van der Waals surface area contributed by atoms with Crippen molar-refractivity contribution in [2.24, 2.45) is 0 Å². The van der Waals surface area contributed by atoms with Gasteiger partial charge in [0.15, 0.2) is 5.75 Å². The Bertz CT molecular complexity index is 1100. The molecule has 0 saturated carbocycles. The largest absolute Gasteiger partial charge is 0.455 e. The molecule has 0 atom stereocenters. The van der Waals surface area contributed by atoms with Gasteiger partial charge in [-0.25, -0.2) is 9.97 Å². The Hall–Kier alpha value is -3.38. The lowest BCUT2D eigenvalue weighted by molar-refractivity contribution is -0.113. The lowest BCUT2D eigenvalue weighted by Crippen LogP contribution is -2.14. The second-order valence-electron chi connectivity index (χ2n) is 5.94. The minimum absolute atomic E-state index is 0.128. The highest BCUT2D eigenvalue weighted by molar-refractivity contribution is 8.00. The Balaban J connectivity index is 1.44. The molecule has 0 aliphatic carbocycles. The van der Waals surface area contributed by atoms with Crippen molar-refractivity contribution in [1.82, 2.24) is 9.97 Å². The van der Waals surface area contributed by atoms with Gasteiger partial charge in [-0.15, -0.1) is 0 Å². The smallest absolute Gasteiger partial charge is 0.234 e. The highest BCUT2D eigenvalue weighted by atomic mass is 32.2. The maximum absolute atomic E-state index is 12.5. The molecule has 138 valence electrons. The zero-order valence-electron chi connectivity index (χ0n) is 14.9. The molecule has 4 rings (SSSR count). The number of carbonyl (C=O) groups is 1. The van der Waals surface area contributed by atoms with Crippen LogP contribution in [0.1, 0.15) is 0 Å². The number of nitrogens with one attached hydrogen (secondary N) is 1. The van der Waals surface area contributed by atoms with E-state index in [0.29, 0.717) is 17.2 Å². The van der Waals surface area contributed by atoms with E-state index in [9.17, 15) is 4.79 Å². The fraction of sp³-hybridized carbons (Fsp3) is 0.0455. The molecule has 4 aromatic rings. The molecule has 0 radical (unpaired) electrons. The Morgan fingerprint density at radius 3 is 2.54 bits per heavy atom. The fourth-order valence-electron chi connectivity index (χ4n) is 2.69. The van der Waals surface area contributed by atoms with Crippen LogP contribution in [0.25, 0.3) is 10.9 Å². The highest BCUT2D eigenvalue weighted by Gasteiger charge is 2.11. The van der Waals surface area contributed by atoms with Crippen LogP contribution in [0.3, 0.4) is 0 Å². The molecule has 0 spiro atoms. The summed E-state index contributed by atoms with van der Waals surface area (Å²) in [5.74, 6) is 1.42. The normalized spacial score (nSPS) is 10.6. The Labute approximate surface area is 166 Å². The minimum atomic E-state index is -0.128. The molecule has 0 bridgehead atoms. The van der Waals surface area contributed by atoms with Crippen LogP contribution in [-0.2, 0) is 4.79 Å². The standard InChI is InChI=1S/C22H17N3O2S/c26-21(14-28-22-17-10-4-5-11-18(17)23-15-24-22)25-19-12-6-7-13-20(19)27-16-8-2-1-3-9-16/h1-13,15H,14H2,(H,25,26). The zero-order valence-corrected chi connectivity index (χ0v) is 15.7. The Morgan fingerprint density at radius 2 is 1.64 bits per heavy atom. The maximum Gasteiger partial charge on any atom is 0.234 e. The van der Waals surface area contributed by atoms with Crippen molar-refractivity contribution in [2.75, 3.05) is 11.1 Å². The van der Waals surface area contributed by atoms with E-state index in [2.05, 4.69) is 15.3 Å². The van der Waals surface area contributed by atoms with Crippen molar-refractivity contribution in [3.63, 3.8) is 0 Å². The van der Waals surface area contributed by atoms with Gasteiger partial charge >= 0.3 is 0 Å². The Kier molecular flexibility index (Phi) is 5.49. The second-order valence-corrected chi connectivity index (χ2v) is 6.91. The molecule has 6 heteroatoms. The number of amides is 1. The second kappa shape index (κ2) is 8.54. The first-order valence-corrected chi connectivity index (χ1v) is 9.72. The molecule has 0 fully saturated rings. The van der Waals surface area contributed by atoms with Crippen molar-refractivity contribution in [2.45, 2.75) is 5.03 Å². The summed E-state index contributed by atoms with van der Waals surface area (Å²) in [7, 11) is 0. The average Bonchev–Trinajstić information content (AvgIpc) is 2.74. The first-order chi connectivity index (χ1) is 13.8. The number of ether oxygens (including phenoxy) is 1. The maximum atomic E-state index is 12.5. The number of hydrogen-bond donors (Lipinski definition) is 1. The van der Waals surface area contributed by atoms with Crippen molar-refractivity contribution in [3.8, 4) is 11.5 Å². The number of aromatic nitrogens is 2. The van der Waals surface area contributed by atoms with Gasteiger partial charge in [0, 0.05) is 5.39 Å². The Morgan fingerprint density at radius 1 is 0.893 bits per heavy atom. The number of carbonyl (C=O) groups excluding carboxylic acids is 1. The number of hydrogen-bond acceptors (Lipinski definition) is 5. The number of nitrogens with zero attached hydrogens (tertiary/aromatic N) is 2. The van der Waals surface area contributed by atoms with Gasteiger partial charge in [0.2, 0.25) is 5.91 Å². The van der Waals surface area contributed by atoms with Gasteiger partial charge in [-0.05, 0) is 30.3 Å². The molecule has 0 aliphatic heterocycles. The van der Waals surface area contributed by atoms with Gasteiger partial charge in [-0.1, -0.05) is 60.3 Å². The van der Waals surface area contributed by atoms with Crippen LogP contribution in [0.15, 0.2) is 90.2 Å². The van der Waals surface area contributed by atoms with Crippen molar-refractivity contribution >= 4 is 34.3 Å². The summed E-state index contributed by atoms with van der Waals surface area (Å²) in [6.07, 6.45) is 1.52. The van der Waals surface area contributed by atoms with E-state index in [1.54, 1.807) is 0 Å². The highest BCUT2D eigenvalue weighted by Crippen LogP contribution is 2.30. The van der Waals surface area contributed by atoms with Crippen LogP contribution in [-0.4, -0.2) is 21.6 Å². The summed E-state index contributed by atoms with van der Waals surface area (Å²) in [6.45, 7) is 0. The number of benzene rings is 3. The van der Waals surface area contributed by atoms with Gasteiger partial charge in [0.05, 0.1) is 17.0 Å². The number of para-hydroxylation sites is 4. The van der Waals surface area contributed by atoms with Crippen LogP contribution in [0.2, 0.25) is 0 Å². The molecule has 0 aliphatic rings. The summed E-state index contributed by atoms with van der Waals surface area (Å²) in [4.78, 5) is 21.0. The van der Waals surface area contributed by atoms with Crippen LogP contribution >= 0.6 is 11.8 Å². The molecule has 28 heavy (non-hydrogen) atoms. The molecule has 1 N–H and O–H groups in total. The minimum Gasteiger partial charge on any atom is -0.455 e. The molecule has 1 aromatic heterocycles. The fourth-order valence-corrected chi connectivity index (χ4v) is 3.48. The summed E-state index contributed by atoms with van der Waals surface area (Å²) >= 11 is 1.38. The van der Waals surface area contributed by atoms with E-state index in [-0.39, 0.29) is 11.7 Å². The lowest BCUT2D eigenvalue weighted by Gasteiger charge is -2.12. The monoisotopic (exact) mass is 387 g/mol. The molecule has 1 heterocycles. The third-order valence-corrected chi connectivity index (χ3v) is 4.98. The molecule has 1 amide bonds. The zero-order chi connectivity index (χ0) is 19.2. The molecule has 3 aromatic carbocycles. The van der Waals surface area contributed by atoms with E-state index in [1.165, 1.54) is 18.1 Å². The number of rotatable bonds is 6. The van der Waals surface area contributed by atoms with Crippen molar-refractivity contribution < 1.29 is 9.53 Å². The molecular formula is C22H17N3O2S. The van der Waals surface area contributed by atoms with Crippen molar-refractivity contribution in [1.29, 1.82) is 0 Å². The average molecular weight is 387 g/mol. The summed E-state index contributed by atoms with van der Waals surface area (Å²) in [6, 6.07) is 24.6. The van der Waals surface area contributed by atoms with Gasteiger partial charge in [0.25, 0.3) is 0 Å². The van der Waals surface area contributed by atoms with Gasteiger partial charge < -0.3 is 10.1 Å². The van der Waals surface area contributed by atoms with Crippen LogP contribution in [0.5, 0.6) is 11.5 Å². The van der Waals surface area contributed by atoms with E-state index in [1.807, 2.05) is 78.9 Å². The SMILES string of the molecule is O=C(CSc1ncnc2ccccc12)Nc1ccccc1Oc1ccccc1. The first-order valence-electron chi connectivity index (χ1n) is 8.74. The number of fused-ring (bicyclic) bond motifs is 1. The molecule has 0 unspecified atom stereocenters. The molecular weight excluding hydrogens is 370 g/mol. The molecule has 0 saturated heterocycles. The molecule has 5 nitrogen and oxygen atoms in total. The first kappa shape index (κ1) is 18.0. The summed E-state index contributed by atoms with van der Waals surface area (Å²) in [5.41, 5.74) is 1.49. The van der Waals surface area contributed by atoms with Crippen LogP contribution in [0.4, 0.5) is 5.69 Å². The third kappa shape index (κ3) is 4.29. The van der Waals surface area contributed by atoms with Crippen LogP contribution in [0, 0.1) is 0 Å². The predicted molar refractivity (Wildman–Crippen MR) is 112 cm³/mol. The summed E-state index contributed by atoms with van der Waals surface area (Å²) in [5, 5.41) is 4.65. The topological polar surface area (TPSA) is 64.1 Å². The van der Waals surface area contributed by atoms with Crippen LogP contribution < -0.4 is 10.1 Å². The predicted octanol–water partition coefficient (Wildman–Crippen LogP) is 5.15. The van der Waals surface area contributed by atoms with E-state index in [4.69, 9.17) is 4.74 Å². The summed E-state index contributed by atoms with van der Waals surface area (Å²) < 4.78 is 5.89. The van der Waals surface area contributed by atoms with E-state index in [0.717, 1.165) is 15.9 Å². The van der Waals surface area contributed by atoms with E-state index >= 15 is 0 Å². The number of thioether (sulfide) groups is 1. The van der Waals surface area contributed by atoms with Gasteiger partial charge in [-0.3, -0.25) is 4.79 Å².